The van der Waals surface area contributed by atoms with Gasteiger partial charge in [0.2, 0.25) is 0 Å². The summed E-state index contributed by atoms with van der Waals surface area (Å²) in [6.45, 7) is 12.6. The maximum Gasteiger partial charge on any atom is 0.0810 e. The van der Waals surface area contributed by atoms with Gasteiger partial charge >= 0.3 is 0 Å². The third-order valence-corrected chi connectivity index (χ3v) is 4.98. The van der Waals surface area contributed by atoms with E-state index in [0.29, 0.717) is 12.1 Å². The lowest BCUT2D eigenvalue weighted by Crippen LogP contribution is -2.39. The van der Waals surface area contributed by atoms with E-state index < -0.39 is 0 Å². The molecule has 3 nitrogen and oxygen atoms in total. The molecule has 0 aliphatic heterocycles. The molecule has 1 aromatic rings. The number of thiophene rings is 1. The zero-order valence-electron chi connectivity index (χ0n) is 13.9. The second kappa shape index (κ2) is 8.28. The highest BCUT2D eigenvalue weighted by Crippen LogP contribution is 2.22. The summed E-state index contributed by atoms with van der Waals surface area (Å²) >= 11 is 1.87. The molecule has 1 saturated carbocycles. The Hall–Kier alpha value is -0.420. The van der Waals surface area contributed by atoms with Crippen LogP contribution in [0.4, 0.5) is 0 Å². The van der Waals surface area contributed by atoms with Crippen molar-refractivity contribution >= 4 is 11.3 Å². The molecule has 21 heavy (non-hydrogen) atoms. The minimum atomic E-state index is 0.579. The fourth-order valence-electron chi connectivity index (χ4n) is 2.58. The van der Waals surface area contributed by atoms with Gasteiger partial charge in [-0.3, -0.25) is 4.90 Å². The molecule has 0 aromatic carbocycles. The van der Waals surface area contributed by atoms with E-state index >= 15 is 0 Å². The zero-order valence-corrected chi connectivity index (χ0v) is 14.7. The van der Waals surface area contributed by atoms with Crippen molar-refractivity contribution in [3.8, 4) is 0 Å². The third kappa shape index (κ3) is 6.07. The highest BCUT2D eigenvalue weighted by molar-refractivity contribution is 7.11. The molecule has 0 saturated heterocycles. The van der Waals surface area contributed by atoms with Gasteiger partial charge in [-0.2, -0.15) is 0 Å². The first-order valence-corrected chi connectivity index (χ1v) is 9.02. The third-order valence-electron chi connectivity index (χ3n) is 3.92. The molecule has 1 aromatic heterocycles. The van der Waals surface area contributed by atoms with Gasteiger partial charge in [-0.25, -0.2) is 0 Å². The summed E-state index contributed by atoms with van der Waals surface area (Å²) in [5.41, 5.74) is 0. The maximum atomic E-state index is 5.85. The van der Waals surface area contributed by atoms with Crippen LogP contribution in [-0.2, 0) is 17.9 Å². The maximum absolute atomic E-state index is 5.85. The Labute approximate surface area is 133 Å². The van der Waals surface area contributed by atoms with Crippen LogP contribution in [0, 0.1) is 0 Å². The minimum Gasteiger partial charge on any atom is -0.375 e. The lowest BCUT2D eigenvalue weighted by molar-refractivity contribution is 0.0711. The molecule has 0 atom stereocenters. The number of rotatable bonds is 10. The van der Waals surface area contributed by atoms with Crippen molar-refractivity contribution in [2.75, 3.05) is 13.2 Å². The van der Waals surface area contributed by atoms with Crippen LogP contribution in [0.2, 0.25) is 0 Å². The summed E-state index contributed by atoms with van der Waals surface area (Å²) < 4.78 is 5.85. The number of nitrogens with one attached hydrogen (secondary N) is 1. The van der Waals surface area contributed by atoms with Crippen molar-refractivity contribution in [3.63, 3.8) is 0 Å². The molecule has 1 aliphatic carbocycles. The van der Waals surface area contributed by atoms with Gasteiger partial charge in [0, 0.05) is 41.0 Å². The summed E-state index contributed by atoms with van der Waals surface area (Å²) in [6.07, 6.45) is 2.70. The SMILES string of the molecule is CC(C)N(CCOCc1ccc(CNC2CC2)s1)C(C)C. The second-order valence-corrected chi connectivity index (χ2v) is 7.75. The van der Waals surface area contributed by atoms with Crippen molar-refractivity contribution in [1.29, 1.82) is 0 Å². The van der Waals surface area contributed by atoms with Crippen molar-refractivity contribution in [3.05, 3.63) is 21.9 Å². The smallest absolute Gasteiger partial charge is 0.0810 e. The fraction of sp³-hybridized carbons (Fsp3) is 0.765. The summed E-state index contributed by atoms with van der Waals surface area (Å²) in [7, 11) is 0. The standard InChI is InChI=1S/C17H30N2OS/c1-13(2)19(14(3)4)9-10-20-12-17-8-7-16(21-17)11-18-15-5-6-15/h7-8,13-15,18H,5-6,9-12H2,1-4H3. The average molecular weight is 311 g/mol. The lowest BCUT2D eigenvalue weighted by Gasteiger charge is -2.30. The van der Waals surface area contributed by atoms with Gasteiger partial charge in [0.1, 0.15) is 0 Å². The van der Waals surface area contributed by atoms with E-state index in [4.69, 9.17) is 4.74 Å². The van der Waals surface area contributed by atoms with Crippen LogP contribution >= 0.6 is 11.3 Å². The quantitative estimate of drug-likeness (QED) is 0.668. The van der Waals surface area contributed by atoms with Crippen LogP contribution in [0.1, 0.15) is 50.3 Å². The Kier molecular flexibility index (Phi) is 6.68. The van der Waals surface area contributed by atoms with E-state index in [0.717, 1.165) is 32.3 Å². The Morgan fingerprint density at radius 2 is 1.86 bits per heavy atom. The Morgan fingerprint density at radius 3 is 2.48 bits per heavy atom. The molecule has 2 rings (SSSR count). The molecule has 4 heteroatoms. The number of hydrogen-bond acceptors (Lipinski definition) is 4. The molecule has 1 heterocycles. The van der Waals surface area contributed by atoms with Crippen molar-refractivity contribution in [1.82, 2.24) is 10.2 Å². The van der Waals surface area contributed by atoms with E-state index in [1.54, 1.807) is 0 Å². The molecule has 120 valence electrons. The van der Waals surface area contributed by atoms with Gasteiger partial charge in [0.05, 0.1) is 13.2 Å². The molecule has 1 aliphatic rings. The van der Waals surface area contributed by atoms with Gasteiger partial charge in [0.25, 0.3) is 0 Å². The topological polar surface area (TPSA) is 24.5 Å². The average Bonchev–Trinajstić information content (AvgIpc) is 3.14. The van der Waals surface area contributed by atoms with E-state index in [9.17, 15) is 0 Å². The van der Waals surface area contributed by atoms with Crippen molar-refractivity contribution in [2.45, 2.75) is 71.8 Å². The Balaban J connectivity index is 1.63. The molecule has 0 spiro atoms. The second-order valence-electron chi connectivity index (χ2n) is 6.50. The molecular weight excluding hydrogens is 280 g/mol. The number of ether oxygens (including phenoxy) is 1. The first-order valence-electron chi connectivity index (χ1n) is 8.20. The molecule has 1 fully saturated rings. The van der Waals surface area contributed by atoms with Crippen LogP contribution < -0.4 is 5.32 Å². The van der Waals surface area contributed by atoms with Crippen LogP contribution in [0.5, 0.6) is 0 Å². The molecule has 0 amide bonds. The summed E-state index contributed by atoms with van der Waals surface area (Å²) in [5.74, 6) is 0. The lowest BCUT2D eigenvalue weighted by atomic mass is 10.2. The van der Waals surface area contributed by atoms with Gasteiger partial charge in [-0.1, -0.05) is 0 Å². The highest BCUT2D eigenvalue weighted by atomic mass is 32.1. The van der Waals surface area contributed by atoms with E-state index in [2.05, 4.69) is 50.0 Å². The zero-order chi connectivity index (χ0) is 15.2. The predicted molar refractivity (Wildman–Crippen MR) is 90.8 cm³/mol. The van der Waals surface area contributed by atoms with Crippen molar-refractivity contribution < 1.29 is 4.74 Å². The van der Waals surface area contributed by atoms with E-state index in [1.165, 1.54) is 22.6 Å². The predicted octanol–water partition coefficient (Wildman–Crippen LogP) is 3.64. The first-order chi connectivity index (χ1) is 10.1. The molecular formula is C17H30N2OS. The molecule has 0 unspecified atom stereocenters. The highest BCUT2D eigenvalue weighted by Gasteiger charge is 2.20. The van der Waals surface area contributed by atoms with Crippen LogP contribution in [-0.4, -0.2) is 36.2 Å². The largest absolute Gasteiger partial charge is 0.375 e. The first kappa shape index (κ1) is 16.9. The number of nitrogens with zero attached hydrogens (tertiary/aromatic N) is 1. The summed E-state index contributed by atoms with van der Waals surface area (Å²) in [5, 5.41) is 3.56. The van der Waals surface area contributed by atoms with Gasteiger partial charge in [-0.15, -0.1) is 11.3 Å². The Bertz CT molecular complexity index is 405. The Morgan fingerprint density at radius 1 is 1.19 bits per heavy atom. The fourth-order valence-corrected chi connectivity index (χ4v) is 3.49. The molecule has 0 bridgehead atoms. The normalized spacial score (nSPS) is 15.6. The number of hydrogen-bond donors (Lipinski definition) is 1. The van der Waals surface area contributed by atoms with Gasteiger partial charge in [0.15, 0.2) is 0 Å². The minimum absolute atomic E-state index is 0.579. The van der Waals surface area contributed by atoms with Crippen LogP contribution in [0.25, 0.3) is 0 Å². The van der Waals surface area contributed by atoms with Crippen LogP contribution in [0.15, 0.2) is 12.1 Å². The van der Waals surface area contributed by atoms with Crippen molar-refractivity contribution in [2.24, 2.45) is 0 Å². The monoisotopic (exact) mass is 310 g/mol. The van der Waals surface area contributed by atoms with Gasteiger partial charge in [-0.05, 0) is 52.7 Å². The van der Waals surface area contributed by atoms with Crippen LogP contribution in [0.3, 0.4) is 0 Å². The van der Waals surface area contributed by atoms with Gasteiger partial charge < -0.3 is 10.1 Å². The van der Waals surface area contributed by atoms with E-state index in [-0.39, 0.29) is 0 Å². The summed E-state index contributed by atoms with van der Waals surface area (Å²) in [4.78, 5) is 5.23. The summed E-state index contributed by atoms with van der Waals surface area (Å²) in [6, 6.07) is 6.38. The molecule has 0 radical (unpaired) electrons. The molecule has 1 N–H and O–H groups in total. The van der Waals surface area contributed by atoms with E-state index in [1.807, 2.05) is 11.3 Å².